The van der Waals surface area contributed by atoms with Crippen molar-refractivity contribution in [2.45, 2.75) is 19.4 Å². The number of aromatic hydroxyl groups is 1. The number of aliphatic hydroxyl groups is 1. The average molecular weight is 229 g/mol. The molecular formula is C14H15NO2. The van der Waals surface area contributed by atoms with Gasteiger partial charge in [0.2, 0.25) is 0 Å². The maximum atomic E-state index is 10.5. The number of hydrogen-bond acceptors (Lipinski definition) is 3. The van der Waals surface area contributed by atoms with Crippen LogP contribution in [0.15, 0.2) is 42.6 Å². The summed E-state index contributed by atoms with van der Waals surface area (Å²) in [5.41, 5.74) is 1.26. The van der Waals surface area contributed by atoms with Gasteiger partial charge in [0, 0.05) is 17.5 Å². The number of phenols is 1. The lowest BCUT2D eigenvalue weighted by atomic mass is 9.89. The summed E-state index contributed by atoms with van der Waals surface area (Å²) in [4.78, 5) is 4.18. The monoisotopic (exact) mass is 229 g/mol. The molecule has 0 saturated heterocycles. The van der Waals surface area contributed by atoms with Crippen LogP contribution in [-0.4, -0.2) is 15.2 Å². The van der Waals surface area contributed by atoms with Gasteiger partial charge < -0.3 is 10.2 Å². The molecule has 2 rings (SSSR count). The van der Waals surface area contributed by atoms with E-state index in [2.05, 4.69) is 4.98 Å². The van der Waals surface area contributed by atoms with Crippen LogP contribution >= 0.6 is 0 Å². The SMILES string of the molecule is Cc1ccc(C(C)(O)c2ccc(O)cc2)cn1. The van der Waals surface area contributed by atoms with Crippen LogP contribution in [-0.2, 0) is 5.60 Å². The Bertz CT molecular complexity index is 453. The van der Waals surface area contributed by atoms with Gasteiger partial charge in [-0.25, -0.2) is 0 Å². The van der Waals surface area contributed by atoms with Gasteiger partial charge in [-0.1, -0.05) is 18.2 Å². The highest BCUT2D eigenvalue weighted by atomic mass is 16.3. The van der Waals surface area contributed by atoms with Gasteiger partial charge in [-0.15, -0.1) is 0 Å². The summed E-state index contributed by atoms with van der Waals surface area (Å²) in [6, 6.07) is 10.3. The predicted molar refractivity (Wildman–Crippen MR) is 65.8 cm³/mol. The Morgan fingerprint density at radius 1 is 1.00 bits per heavy atom. The van der Waals surface area contributed by atoms with Crippen molar-refractivity contribution in [3.63, 3.8) is 0 Å². The molecule has 1 aromatic heterocycles. The van der Waals surface area contributed by atoms with Crippen molar-refractivity contribution in [1.82, 2.24) is 4.98 Å². The average Bonchev–Trinajstić information content (AvgIpc) is 2.30. The minimum absolute atomic E-state index is 0.187. The van der Waals surface area contributed by atoms with Crippen molar-refractivity contribution in [3.8, 4) is 5.75 Å². The van der Waals surface area contributed by atoms with Gasteiger partial charge in [-0.05, 0) is 37.6 Å². The summed E-state index contributed by atoms with van der Waals surface area (Å²) < 4.78 is 0. The highest BCUT2D eigenvalue weighted by Crippen LogP contribution is 2.29. The van der Waals surface area contributed by atoms with E-state index in [9.17, 15) is 10.2 Å². The number of pyridine rings is 1. The zero-order valence-corrected chi connectivity index (χ0v) is 9.88. The number of phenolic OH excluding ortho intramolecular Hbond substituents is 1. The Kier molecular flexibility index (Phi) is 2.86. The fourth-order valence-electron chi connectivity index (χ4n) is 1.71. The van der Waals surface area contributed by atoms with E-state index in [1.54, 1.807) is 37.4 Å². The molecule has 1 aromatic carbocycles. The summed E-state index contributed by atoms with van der Waals surface area (Å²) in [6.45, 7) is 3.62. The molecule has 88 valence electrons. The van der Waals surface area contributed by atoms with E-state index in [1.807, 2.05) is 19.1 Å². The van der Waals surface area contributed by atoms with Crippen LogP contribution in [0, 0.1) is 6.92 Å². The predicted octanol–water partition coefficient (Wildman–Crippen LogP) is 2.35. The molecule has 0 bridgehead atoms. The standard InChI is InChI=1S/C14H15NO2/c1-10-3-4-12(9-15-10)14(2,17)11-5-7-13(16)8-6-11/h3-9,16-17H,1-2H3. The third-order valence-corrected chi connectivity index (χ3v) is 2.90. The Hall–Kier alpha value is -1.87. The molecule has 0 radical (unpaired) electrons. The molecule has 0 amide bonds. The number of benzene rings is 1. The number of rotatable bonds is 2. The van der Waals surface area contributed by atoms with Crippen LogP contribution in [0.5, 0.6) is 5.75 Å². The van der Waals surface area contributed by atoms with Crippen molar-refractivity contribution in [2.24, 2.45) is 0 Å². The zero-order valence-electron chi connectivity index (χ0n) is 9.88. The van der Waals surface area contributed by atoms with Crippen molar-refractivity contribution >= 4 is 0 Å². The molecule has 1 heterocycles. The fraction of sp³-hybridized carbons (Fsp3) is 0.214. The first-order chi connectivity index (χ1) is 8.00. The molecule has 0 aliphatic carbocycles. The van der Waals surface area contributed by atoms with Crippen molar-refractivity contribution < 1.29 is 10.2 Å². The minimum Gasteiger partial charge on any atom is -0.508 e. The second kappa shape index (κ2) is 4.18. The molecule has 3 heteroatoms. The first-order valence-electron chi connectivity index (χ1n) is 5.45. The Morgan fingerprint density at radius 3 is 2.12 bits per heavy atom. The Balaban J connectivity index is 2.41. The highest BCUT2D eigenvalue weighted by Gasteiger charge is 2.25. The van der Waals surface area contributed by atoms with Crippen molar-refractivity contribution in [1.29, 1.82) is 0 Å². The van der Waals surface area contributed by atoms with Crippen molar-refractivity contribution in [3.05, 3.63) is 59.4 Å². The van der Waals surface area contributed by atoms with Gasteiger partial charge in [0.15, 0.2) is 0 Å². The van der Waals surface area contributed by atoms with Gasteiger partial charge in [-0.3, -0.25) is 4.98 Å². The van der Waals surface area contributed by atoms with Gasteiger partial charge >= 0.3 is 0 Å². The molecule has 1 atom stereocenters. The van der Waals surface area contributed by atoms with Crippen LogP contribution in [0.1, 0.15) is 23.7 Å². The zero-order chi connectivity index (χ0) is 12.5. The van der Waals surface area contributed by atoms with E-state index in [4.69, 9.17) is 0 Å². The Labute approximate surface area is 100 Å². The summed E-state index contributed by atoms with van der Waals surface area (Å²) in [5.74, 6) is 0.187. The summed E-state index contributed by atoms with van der Waals surface area (Å²) in [5, 5.41) is 19.8. The molecule has 17 heavy (non-hydrogen) atoms. The molecule has 2 N–H and O–H groups in total. The normalized spacial score (nSPS) is 14.3. The number of aryl methyl sites for hydroxylation is 1. The molecule has 2 aromatic rings. The second-order valence-corrected chi connectivity index (χ2v) is 4.31. The molecular weight excluding hydrogens is 214 g/mol. The fourth-order valence-corrected chi connectivity index (χ4v) is 1.71. The second-order valence-electron chi connectivity index (χ2n) is 4.31. The lowest BCUT2D eigenvalue weighted by molar-refractivity contribution is 0.102. The molecule has 1 unspecified atom stereocenters. The van der Waals surface area contributed by atoms with Crippen LogP contribution in [0.25, 0.3) is 0 Å². The smallest absolute Gasteiger partial charge is 0.115 e. The van der Waals surface area contributed by atoms with Gasteiger partial charge in [-0.2, -0.15) is 0 Å². The third-order valence-electron chi connectivity index (χ3n) is 2.90. The Morgan fingerprint density at radius 2 is 1.59 bits per heavy atom. The molecule has 0 saturated carbocycles. The quantitative estimate of drug-likeness (QED) is 0.831. The van der Waals surface area contributed by atoms with E-state index in [1.165, 1.54) is 0 Å². The van der Waals surface area contributed by atoms with E-state index < -0.39 is 5.60 Å². The lowest BCUT2D eigenvalue weighted by Crippen LogP contribution is -2.22. The van der Waals surface area contributed by atoms with Crippen LogP contribution < -0.4 is 0 Å². The molecule has 0 aliphatic heterocycles. The largest absolute Gasteiger partial charge is 0.508 e. The molecule has 0 aliphatic rings. The number of hydrogen-bond donors (Lipinski definition) is 2. The highest BCUT2D eigenvalue weighted by molar-refractivity contribution is 5.36. The van der Waals surface area contributed by atoms with Crippen LogP contribution in [0.4, 0.5) is 0 Å². The van der Waals surface area contributed by atoms with Crippen molar-refractivity contribution in [2.75, 3.05) is 0 Å². The third kappa shape index (κ3) is 2.29. The number of nitrogens with zero attached hydrogens (tertiary/aromatic N) is 1. The molecule has 0 fully saturated rings. The van der Waals surface area contributed by atoms with E-state index in [0.29, 0.717) is 0 Å². The van der Waals surface area contributed by atoms with E-state index in [-0.39, 0.29) is 5.75 Å². The van der Waals surface area contributed by atoms with Gasteiger partial charge in [0.25, 0.3) is 0 Å². The maximum absolute atomic E-state index is 10.5. The molecule has 0 spiro atoms. The van der Waals surface area contributed by atoms with Gasteiger partial charge in [0.1, 0.15) is 11.4 Å². The van der Waals surface area contributed by atoms with Gasteiger partial charge in [0.05, 0.1) is 0 Å². The first kappa shape index (κ1) is 11.6. The first-order valence-corrected chi connectivity index (χ1v) is 5.45. The lowest BCUT2D eigenvalue weighted by Gasteiger charge is -2.24. The summed E-state index contributed by atoms with van der Waals surface area (Å²) >= 11 is 0. The topological polar surface area (TPSA) is 53.4 Å². The number of aromatic nitrogens is 1. The summed E-state index contributed by atoms with van der Waals surface area (Å²) in [7, 11) is 0. The van der Waals surface area contributed by atoms with E-state index in [0.717, 1.165) is 16.8 Å². The van der Waals surface area contributed by atoms with Crippen LogP contribution in [0.2, 0.25) is 0 Å². The summed E-state index contributed by atoms with van der Waals surface area (Å²) in [6.07, 6.45) is 1.67. The minimum atomic E-state index is -1.10. The molecule has 3 nitrogen and oxygen atoms in total. The van der Waals surface area contributed by atoms with E-state index >= 15 is 0 Å². The van der Waals surface area contributed by atoms with Crippen LogP contribution in [0.3, 0.4) is 0 Å². The maximum Gasteiger partial charge on any atom is 0.115 e.